The van der Waals surface area contributed by atoms with E-state index in [0.717, 1.165) is 48.6 Å². The molecule has 0 aliphatic carbocycles. The van der Waals surface area contributed by atoms with Crippen LogP contribution in [0.1, 0.15) is 40.7 Å². The lowest BCUT2D eigenvalue weighted by molar-refractivity contribution is 0.0953. The maximum atomic E-state index is 12.8. The lowest BCUT2D eigenvalue weighted by Gasteiger charge is -2.27. The molecule has 0 spiro atoms. The highest BCUT2D eigenvalue weighted by molar-refractivity contribution is 6.03. The van der Waals surface area contributed by atoms with Crippen molar-refractivity contribution in [2.24, 2.45) is 0 Å². The molecule has 1 heterocycles. The molecule has 36 heavy (non-hydrogen) atoms. The number of hydrogen-bond donors (Lipinski definition) is 2. The van der Waals surface area contributed by atoms with Gasteiger partial charge in [0, 0.05) is 24.7 Å². The molecule has 0 fully saturated rings. The molecule has 1 amide bonds. The van der Waals surface area contributed by atoms with Gasteiger partial charge in [-0.2, -0.15) is 0 Å². The molecule has 1 atom stereocenters. The predicted octanol–water partition coefficient (Wildman–Crippen LogP) is 7.18. The zero-order chi connectivity index (χ0) is 23.6. The molecule has 2 N–H and O–H groups in total. The lowest BCUT2D eigenvalue weighted by Crippen LogP contribution is -2.35. The molecule has 0 aromatic heterocycles. The molecule has 1 unspecified atom stereocenters. The van der Waals surface area contributed by atoms with Crippen molar-refractivity contribution in [1.29, 1.82) is 0 Å². The van der Waals surface area contributed by atoms with Gasteiger partial charge in [-0.1, -0.05) is 73.2 Å². The van der Waals surface area contributed by atoms with Crippen LogP contribution >= 0.6 is 12.4 Å². The first kappa shape index (κ1) is 24.3. The van der Waals surface area contributed by atoms with Crippen molar-refractivity contribution in [1.82, 2.24) is 10.6 Å². The Morgan fingerprint density at radius 3 is 2.31 bits per heavy atom. The molecule has 182 valence electrons. The summed E-state index contributed by atoms with van der Waals surface area (Å²) in [4.78, 5) is 12.8. The topological polar surface area (TPSA) is 41.1 Å². The van der Waals surface area contributed by atoms with E-state index in [1.807, 2.05) is 18.2 Å². The van der Waals surface area contributed by atoms with Gasteiger partial charge in [-0.05, 0) is 87.0 Å². The molecular formula is C32H31ClN2O. The highest BCUT2D eigenvalue weighted by atomic mass is 35.5. The van der Waals surface area contributed by atoms with E-state index in [4.69, 9.17) is 0 Å². The summed E-state index contributed by atoms with van der Waals surface area (Å²) >= 11 is 0. The van der Waals surface area contributed by atoms with E-state index in [0.29, 0.717) is 12.6 Å². The zero-order valence-electron chi connectivity index (χ0n) is 20.3. The molecule has 1 aliphatic heterocycles. The van der Waals surface area contributed by atoms with Crippen LogP contribution < -0.4 is 10.6 Å². The van der Waals surface area contributed by atoms with Crippen LogP contribution in [0.5, 0.6) is 0 Å². The van der Waals surface area contributed by atoms with Gasteiger partial charge in [0.2, 0.25) is 0 Å². The number of hydrogen-bond acceptors (Lipinski definition) is 2. The van der Waals surface area contributed by atoms with Crippen LogP contribution in [-0.2, 0) is 13.0 Å². The molecule has 6 rings (SSSR count). The maximum absolute atomic E-state index is 12.8. The monoisotopic (exact) mass is 494 g/mol. The minimum Gasteiger partial charge on any atom is -0.352 e. The van der Waals surface area contributed by atoms with Crippen molar-refractivity contribution in [3.05, 3.63) is 108 Å². The molecule has 3 nitrogen and oxygen atoms in total. The van der Waals surface area contributed by atoms with Crippen molar-refractivity contribution >= 4 is 50.6 Å². The summed E-state index contributed by atoms with van der Waals surface area (Å²) in [5.41, 5.74) is 3.66. The summed E-state index contributed by atoms with van der Waals surface area (Å²) in [6.45, 7) is 1.65. The first-order valence-electron chi connectivity index (χ1n) is 12.7. The van der Waals surface area contributed by atoms with Gasteiger partial charge in [0.1, 0.15) is 0 Å². The molecular weight excluding hydrogens is 464 g/mol. The number of carbonyl (C=O) groups is 1. The van der Waals surface area contributed by atoms with Crippen LogP contribution in [0.25, 0.3) is 32.3 Å². The summed E-state index contributed by atoms with van der Waals surface area (Å²) in [6.07, 6.45) is 4.29. The van der Waals surface area contributed by atoms with Crippen LogP contribution in [0.2, 0.25) is 0 Å². The van der Waals surface area contributed by atoms with E-state index in [1.165, 1.54) is 32.7 Å². The average Bonchev–Trinajstić information content (AvgIpc) is 2.91. The Kier molecular flexibility index (Phi) is 7.22. The molecule has 5 aromatic rings. The third kappa shape index (κ3) is 4.95. The first-order valence-corrected chi connectivity index (χ1v) is 12.7. The normalized spacial score (nSPS) is 14.9. The minimum atomic E-state index is 0. The Hall–Kier alpha value is -3.40. The van der Waals surface area contributed by atoms with Gasteiger partial charge in [-0.25, -0.2) is 0 Å². The molecule has 5 aromatic carbocycles. The van der Waals surface area contributed by atoms with Crippen molar-refractivity contribution in [3.8, 4) is 0 Å². The Morgan fingerprint density at radius 1 is 0.778 bits per heavy atom. The van der Waals surface area contributed by atoms with Crippen molar-refractivity contribution in [2.45, 2.75) is 38.3 Å². The number of benzene rings is 5. The Labute approximate surface area is 218 Å². The zero-order valence-corrected chi connectivity index (χ0v) is 21.1. The Balaban J connectivity index is 0.00000267. The van der Waals surface area contributed by atoms with Crippen molar-refractivity contribution in [3.63, 3.8) is 0 Å². The van der Waals surface area contributed by atoms with Gasteiger partial charge in [-0.15, -0.1) is 12.4 Å². The fraction of sp³-hybridized carbons (Fsp3) is 0.219. The number of halogens is 1. The van der Waals surface area contributed by atoms with Crippen LogP contribution in [-0.4, -0.2) is 18.5 Å². The predicted molar refractivity (Wildman–Crippen MR) is 153 cm³/mol. The quantitative estimate of drug-likeness (QED) is 0.194. The minimum absolute atomic E-state index is 0. The van der Waals surface area contributed by atoms with Gasteiger partial charge in [-0.3, -0.25) is 4.79 Å². The molecule has 0 saturated heterocycles. The van der Waals surface area contributed by atoms with Gasteiger partial charge in [0.05, 0.1) is 0 Å². The fourth-order valence-corrected chi connectivity index (χ4v) is 5.47. The van der Waals surface area contributed by atoms with E-state index in [1.54, 1.807) is 0 Å². The van der Waals surface area contributed by atoms with Gasteiger partial charge in [0.15, 0.2) is 0 Å². The Bertz CT molecular complexity index is 1540. The summed E-state index contributed by atoms with van der Waals surface area (Å²) in [5.74, 6) is 0.0104. The number of nitrogens with one attached hydrogen (secondary N) is 2. The Morgan fingerprint density at radius 2 is 1.47 bits per heavy atom. The SMILES string of the molecule is Cl.O=C(NCCCCC1Cc2c(ccc3ccccc23)CN1)c1ccc2cc3ccccc3cc2c1. The number of amides is 1. The summed E-state index contributed by atoms with van der Waals surface area (Å²) in [6, 6.07) is 32.4. The largest absolute Gasteiger partial charge is 0.352 e. The van der Waals surface area contributed by atoms with Crippen molar-refractivity contribution < 1.29 is 4.79 Å². The van der Waals surface area contributed by atoms with Gasteiger partial charge >= 0.3 is 0 Å². The second-order valence-electron chi connectivity index (χ2n) is 9.72. The molecule has 0 radical (unpaired) electrons. The average molecular weight is 495 g/mol. The molecule has 0 bridgehead atoms. The van der Waals surface area contributed by atoms with E-state index < -0.39 is 0 Å². The first-order chi connectivity index (χ1) is 17.2. The molecule has 0 saturated carbocycles. The standard InChI is InChI=1S/C32H30N2O.ClH/c35-32(26-14-13-25-17-23-8-1-2-9-24(23)18-28(25)19-26)33-16-6-5-10-29-20-31-27(21-34-29)15-12-22-7-3-4-11-30(22)31;/h1-4,7-9,11-15,17-19,29,34H,5-6,10,16,20-21H2,(H,33,35);1H. The van der Waals surface area contributed by atoms with Crippen LogP contribution in [0.15, 0.2) is 91.0 Å². The van der Waals surface area contributed by atoms with Crippen molar-refractivity contribution in [2.75, 3.05) is 6.54 Å². The third-order valence-corrected chi connectivity index (χ3v) is 7.40. The lowest BCUT2D eigenvalue weighted by atomic mass is 9.89. The summed E-state index contributed by atoms with van der Waals surface area (Å²) < 4.78 is 0. The van der Waals surface area contributed by atoms with Gasteiger partial charge < -0.3 is 10.6 Å². The second-order valence-corrected chi connectivity index (χ2v) is 9.72. The highest BCUT2D eigenvalue weighted by Crippen LogP contribution is 2.28. The third-order valence-electron chi connectivity index (χ3n) is 7.40. The van der Waals surface area contributed by atoms with Crippen LogP contribution in [0.3, 0.4) is 0 Å². The fourth-order valence-electron chi connectivity index (χ4n) is 5.47. The summed E-state index contributed by atoms with van der Waals surface area (Å²) in [5, 5.41) is 14.2. The second kappa shape index (κ2) is 10.7. The van der Waals surface area contributed by atoms with E-state index >= 15 is 0 Å². The van der Waals surface area contributed by atoms with Gasteiger partial charge in [0.25, 0.3) is 5.91 Å². The highest BCUT2D eigenvalue weighted by Gasteiger charge is 2.19. The number of carbonyl (C=O) groups excluding carboxylic acids is 1. The molecule has 1 aliphatic rings. The van der Waals surface area contributed by atoms with E-state index in [2.05, 4.69) is 83.4 Å². The van der Waals surface area contributed by atoms with Crippen LogP contribution in [0, 0.1) is 0 Å². The summed E-state index contributed by atoms with van der Waals surface area (Å²) in [7, 11) is 0. The van der Waals surface area contributed by atoms with Crippen LogP contribution in [0.4, 0.5) is 0 Å². The number of fused-ring (bicyclic) bond motifs is 5. The van der Waals surface area contributed by atoms with E-state index in [-0.39, 0.29) is 18.3 Å². The number of unbranched alkanes of at least 4 members (excludes halogenated alkanes) is 1. The smallest absolute Gasteiger partial charge is 0.251 e. The maximum Gasteiger partial charge on any atom is 0.251 e. The van der Waals surface area contributed by atoms with E-state index in [9.17, 15) is 4.79 Å². The molecule has 4 heteroatoms. The number of rotatable bonds is 6.